The largest absolute Gasteiger partial charge is 0.445 e. The van der Waals surface area contributed by atoms with E-state index in [4.69, 9.17) is 14.2 Å². The lowest BCUT2D eigenvalue weighted by Gasteiger charge is -2.39. The first-order valence-electron chi connectivity index (χ1n) is 15.6. The molecule has 3 atom stereocenters. The van der Waals surface area contributed by atoms with Crippen molar-refractivity contribution in [2.45, 2.75) is 69.8 Å². The molecule has 0 radical (unpaired) electrons. The number of ether oxygens (including phenoxy) is 3. The van der Waals surface area contributed by atoms with Crippen LogP contribution in [0.1, 0.15) is 66.8 Å². The van der Waals surface area contributed by atoms with Crippen LogP contribution in [0.15, 0.2) is 98.1 Å². The van der Waals surface area contributed by atoms with Gasteiger partial charge in [-0.3, -0.25) is 4.90 Å². The van der Waals surface area contributed by atoms with Crippen molar-refractivity contribution in [2.24, 2.45) is 0 Å². The maximum Gasteiger partial charge on any atom is 0.407 e. The summed E-state index contributed by atoms with van der Waals surface area (Å²) in [6.07, 6.45) is 8.22. The van der Waals surface area contributed by atoms with E-state index in [0.29, 0.717) is 12.6 Å². The smallest absolute Gasteiger partial charge is 0.407 e. The van der Waals surface area contributed by atoms with Crippen LogP contribution in [0.5, 0.6) is 0 Å². The predicted octanol–water partition coefficient (Wildman–Crippen LogP) is 7.23. The zero-order valence-corrected chi connectivity index (χ0v) is 25.4. The number of alkyl carbamates (subject to hydrolysis) is 1. The molecule has 1 amide bonds. The lowest BCUT2D eigenvalue weighted by atomic mass is 9.98. The van der Waals surface area contributed by atoms with Gasteiger partial charge in [-0.2, -0.15) is 0 Å². The van der Waals surface area contributed by atoms with Crippen molar-refractivity contribution in [1.82, 2.24) is 10.2 Å². The third kappa shape index (κ3) is 8.45. The first-order valence-corrected chi connectivity index (χ1v) is 15.6. The van der Waals surface area contributed by atoms with Gasteiger partial charge in [-0.15, -0.1) is 6.58 Å². The first-order chi connectivity index (χ1) is 21.6. The highest BCUT2D eigenvalue weighted by molar-refractivity contribution is 5.68. The van der Waals surface area contributed by atoms with E-state index >= 15 is 0 Å². The number of carbonyl (C=O) groups is 1. The second kappa shape index (κ2) is 15.8. The zero-order valence-electron chi connectivity index (χ0n) is 25.4. The Morgan fingerprint density at radius 2 is 1.68 bits per heavy atom. The van der Waals surface area contributed by atoms with E-state index in [0.717, 1.165) is 52.9 Å². The minimum absolute atomic E-state index is 0.00107. The fourth-order valence-corrected chi connectivity index (χ4v) is 6.16. The second-order valence-electron chi connectivity index (χ2n) is 11.6. The van der Waals surface area contributed by atoms with E-state index in [1.165, 1.54) is 31.8 Å². The molecule has 1 aliphatic heterocycles. The molecule has 1 saturated carbocycles. The maximum absolute atomic E-state index is 11.8. The molecule has 3 aromatic carbocycles. The van der Waals surface area contributed by atoms with E-state index in [1.54, 1.807) is 0 Å². The van der Waals surface area contributed by atoms with Crippen molar-refractivity contribution in [3.05, 3.63) is 120 Å². The van der Waals surface area contributed by atoms with E-state index in [1.807, 2.05) is 30.3 Å². The Labute approximate surface area is 261 Å². The van der Waals surface area contributed by atoms with Gasteiger partial charge in [-0.05, 0) is 46.7 Å². The van der Waals surface area contributed by atoms with Crippen molar-refractivity contribution < 1.29 is 24.1 Å². The van der Waals surface area contributed by atoms with E-state index in [9.17, 15) is 9.90 Å². The molecule has 5 rings (SSSR count). The van der Waals surface area contributed by atoms with Crippen LogP contribution in [0.4, 0.5) is 4.79 Å². The molecular formula is C37H44N2O5. The maximum atomic E-state index is 11.8. The molecule has 0 spiro atoms. The van der Waals surface area contributed by atoms with Gasteiger partial charge < -0.3 is 24.6 Å². The summed E-state index contributed by atoms with van der Waals surface area (Å²) < 4.78 is 18.3. The SMILES string of the molecule is C=CCOC(=O)NCc1cccc(-c2ccc([C@H]3O[C@@H](CN(CC=C)C4CCCC4)C[C@@H](c4ccc(CO)cc4)O3)cc2)c1. The van der Waals surface area contributed by atoms with Crippen molar-refractivity contribution in [1.29, 1.82) is 0 Å². The quantitative estimate of drug-likeness (QED) is 0.203. The summed E-state index contributed by atoms with van der Waals surface area (Å²) in [5.74, 6) is 0. The summed E-state index contributed by atoms with van der Waals surface area (Å²) >= 11 is 0. The third-order valence-corrected chi connectivity index (χ3v) is 8.47. The molecule has 0 unspecified atom stereocenters. The summed E-state index contributed by atoms with van der Waals surface area (Å²) in [5, 5.41) is 12.3. The fraction of sp³-hybridized carbons (Fsp3) is 0.378. The number of amides is 1. The number of benzene rings is 3. The van der Waals surface area contributed by atoms with Crippen molar-refractivity contribution in [2.75, 3.05) is 19.7 Å². The number of aliphatic hydroxyl groups is 1. The lowest BCUT2D eigenvalue weighted by Crippen LogP contribution is -2.43. The molecule has 2 N–H and O–H groups in total. The molecule has 3 aromatic rings. The van der Waals surface area contributed by atoms with Crippen molar-refractivity contribution in [3.63, 3.8) is 0 Å². The van der Waals surface area contributed by atoms with Gasteiger partial charge in [0.1, 0.15) is 6.61 Å². The molecule has 1 heterocycles. The fourth-order valence-electron chi connectivity index (χ4n) is 6.16. The molecule has 2 fully saturated rings. The van der Waals surface area contributed by atoms with Crippen LogP contribution < -0.4 is 5.32 Å². The molecule has 2 aliphatic rings. The summed E-state index contributed by atoms with van der Waals surface area (Å²) in [4.78, 5) is 14.4. The van der Waals surface area contributed by atoms with E-state index in [-0.39, 0.29) is 25.4 Å². The minimum Gasteiger partial charge on any atom is -0.445 e. The zero-order chi connectivity index (χ0) is 30.7. The molecule has 0 aromatic heterocycles. The highest BCUT2D eigenvalue weighted by Gasteiger charge is 2.34. The van der Waals surface area contributed by atoms with Crippen LogP contribution >= 0.6 is 0 Å². The first kappa shape index (κ1) is 31.7. The van der Waals surface area contributed by atoms with Crippen LogP contribution in [0.3, 0.4) is 0 Å². The van der Waals surface area contributed by atoms with E-state index in [2.05, 4.69) is 71.9 Å². The van der Waals surface area contributed by atoms with Crippen LogP contribution in [-0.4, -0.2) is 47.9 Å². The molecule has 1 saturated heterocycles. The Morgan fingerprint density at radius 1 is 0.932 bits per heavy atom. The predicted molar refractivity (Wildman–Crippen MR) is 173 cm³/mol. The number of rotatable bonds is 13. The molecular weight excluding hydrogens is 552 g/mol. The van der Waals surface area contributed by atoms with Gasteiger partial charge in [0.25, 0.3) is 0 Å². The lowest BCUT2D eigenvalue weighted by molar-refractivity contribution is -0.253. The molecule has 1 aliphatic carbocycles. The molecule has 44 heavy (non-hydrogen) atoms. The normalized spacial score (nSPS) is 20.4. The number of nitrogens with one attached hydrogen (secondary N) is 1. The minimum atomic E-state index is -0.503. The number of hydrogen-bond acceptors (Lipinski definition) is 6. The van der Waals surface area contributed by atoms with Gasteiger partial charge in [0, 0.05) is 37.7 Å². The Kier molecular flexibility index (Phi) is 11.4. The number of aliphatic hydroxyl groups excluding tert-OH is 1. The van der Waals surface area contributed by atoms with Gasteiger partial charge in [0.15, 0.2) is 6.29 Å². The Balaban J connectivity index is 1.31. The van der Waals surface area contributed by atoms with Gasteiger partial charge in [-0.1, -0.05) is 98.3 Å². The molecule has 7 nitrogen and oxygen atoms in total. The summed E-state index contributed by atoms with van der Waals surface area (Å²) in [6.45, 7) is 9.84. The topological polar surface area (TPSA) is 80.3 Å². The highest BCUT2D eigenvalue weighted by atomic mass is 16.7. The molecule has 7 heteroatoms. The van der Waals surface area contributed by atoms with Crippen LogP contribution in [-0.2, 0) is 27.4 Å². The van der Waals surface area contributed by atoms with Crippen LogP contribution in [0.2, 0.25) is 0 Å². The van der Waals surface area contributed by atoms with Gasteiger partial charge in [0.05, 0.1) is 18.8 Å². The van der Waals surface area contributed by atoms with E-state index < -0.39 is 12.4 Å². The van der Waals surface area contributed by atoms with Gasteiger partial charge in [0.2, 0.25) is 0 Å². The van der Waals surface area contributed by atoms with Crippen LogP contribution in [0.25, 0.3) is 11.1 Å². The summed E-state index contributed by atoms with van der Waals surface area (Å²) in [6, 6.07) is 25.0. The third-order valence-electron chi connectivity index (χ3n) is 8.47. The Morgan fingerprint density at radius 3 is 2.39 bits per heavy atom. The Hall–Kier alpha value is -3.75. The van der Waals surface area contributed by atoms with Gasteiger partial charge >= 0.3 is 6.09 Å². The monoisotopic (exact) mass is 596 g/mol. The number of nitrogens with zero attached hydrogens (tertiary/aromatic N) is 1. The average Bonchev–Trinajstić information content (AvgIpc) is 3.62. The number of carbonyl (C=O) groups excluding carboxylic acids is 1. The number of hydrogen-bond donors (Lipinski definition) is 2. The summed E-state index contributed by atoms with van der Waals surface area (Å²) in [5.41, 5.74) is 6.03. The van der Waals surface area contributed by atoms with Crippen molar-refractivity contribution >= 4 is 6.09 Å². The Bertz CT molecular complexity index is 1370. The van der Waals surface area contributed by atoms with Gasteiger partial charge in [-0.25, -0.2) is 4.79 Å². The molecule has 232 valence electrons. The summed E-state index contributed by atoms with van der Waals surface area (Å²) in [7, 11) is 0. The average molecular weight is 597 g/mol. The van der Waals surface area contributed by atoms with Crippen molar-refractivity contribution in [3.8, 4) is 11.1 Å². The molecule has 0 bridgehead atoms. The second-order valence-corrected chi connectivity index (χ2v) is 11.6. The highest BCUT2D eigenvalue weighted by Crippen LogP contribution is 2.39. The van der Waals surface area contributed by atoms with Crippen LogP contribution in [0, 0.1) is 0 Å². The standard InChI is InChI=1S/C37H44N2O5/c1-3-20-39(33-10-5-6-11-33)25-34-23-35(30-14-12-27(26-40)13-15-30)44-36(43-34)31-18-16-29(17-19-31)32-9-7-8-28(22-32)24-38-37(41)42-21-4-2/h3-4,7-9,12-19,22,33-36,40H,1-2,5-6,10-11,20-21,23-26H2,(H,38,41)/t34-,35+,36+/m1/s1.